The fraction of sp³-hybridized carbons (Fsp3) is 0.368. The van der Waals surface area contributed by atoms with Crippen molar-refractivity contribution < 1.29 is 38.7 Å². The average Bonchev–Trinajstić information content (AvgIpc) is 4.06. The second kappa shape index (κ2) is 15.2. The standard InChI is InChI=1S/C38H40Cl2N4O8/c1-21-23(19-51-33-29(39)15-25(31(43-33)49-3)17-41-37(11-12-37)35(45)46)7-5-9-27(21)28-10-6-8-24(22(28)2)20-52-34-30(40)16-26(32(44-34)50-4)18-42-38(13-14-38)36(47)48/h5-10,15-16,41-42H,11-14,17-20H2,1-4H3,(H,45,46)(H,47,48). The third-order valence-electron chi connectivity index (χ3n) is 9.82. The third-order valence-corrected chi connectivity index (χ3v) is 10.4. The Balaban J connectivity index is 1.14. The molecule has 2 fully saturated rings. The molecule has 52 heavy (non-hydrogen) atoms. The molecule has 0 amide bonds. The number of ether oxygens (including phenoxy) is 4. The van der Waals surface area contributed by atoms with Crippen LogP contribution in [-0.2, 0) is 35.9 Å². The summed E-state index contributed by atoms with van der Waals surface area (Å²) in [4.78, 5) is 32.1. The van der Waals surface area contributed by atoms with Crippen LogP contribution in [0.3, 0.4) is 0 Å². The van der Waals surface area contributed by atoms with E-state index in [9.17, 15) is 19.8 Å². The highest BCUT2D eigenvalue weighted by Crippen LogP contribution is 2.39. The minimum Gasteiger partial charge on any atom is -0.481 e. The molecular formula is C38H40Cl2N4O8. The summed E-state index contributed by atoms with van der Waals surface area (Å²) in [5.74, 6) is -0.721. The number of carboxylic acids is 2. The molecule has 2 aromatic carbocycles. The molecule has 0 atom stereocenters. The molecule has 2 heterocycles. The van der Waals surface area contributed by atoms with Crippen LogP contribution < -0.4 is 29.6 Å². The van der Waals surface area contributed by atoms with Crippen LogP contribution in [0.25, 0.3) is 11.1 Å². The third kappa shape index (κ3) is 7.75. The zero-order valence-corrected chi connectivity index (χ0v) is 30.8. The lowest BCUT2D eigenvalue weighted by Crippen LogP contribution is -2.38. The minimum absolute atomic E-state index is 0.200. The fourth-order valence-electron chi connectivity index (χ4n) is 6.06. The molecule has 0 unspecified atom stereocenters. The maximum absolute atomic E-state index is 11.6. The van der Waals surface area contributed by atoms with Crippen molar-refractivity contribution in [1.82, 2.24) is 20.6 Å². The first kappa shape index (κ1) is 37.1. The quantitative estimate of drug-likeness (QED) is 0.0910. The highest BCUT2D eigenvalue weighted by Gasteiger charge is 2.50. The largest absolute Gasteiger partial charge is 0.481 e. The van der Waals surface area contributed by atoms with Crippen molar-refractivity contribution in [3.8, 4) is 34.6 Å². The van der Waals surface area contributed by atoms with Crippen LogP contribution >= 0.6 is 23.2 Å². The molecule has 14 heteroatoms. The van der Waals surface area contributed by atoms with Crippen molar-refractivity contribution in [2.45, 2.75) is 76.9 Å². The first-order valence-electron chi connectivity index (χ1n) is 16.8. The van der Waals surface area contributed by atoms with Gasteiger partial charge in [0.05, 0.1) is 14.2 Å². The van der Waals surface area contributed by atoms with Crippen molar-refractivity contribution in [2.75, 3.05) is 14.2 Å². The summed E-state index contributed by atoms with van der Waals surface area (Å²) >= 11 is 13.1. The molecule has 0 aliphatic heterocycles. The molecule has 2 saturated carbocycles. The maximum Gasteiger partial charge on any atom is 0.323 e. The molecule has 274 valence electrons. The Labute approximate surface area is 311 Å². The van der Waals surface area contributed by atoms with Gasteiger partial charge in [-0.1, -0.05) is 59.6 Å². The van der Waals surface area contributed by atoms with Gasteiger partial charge in [-0.3, -0.25) is 20.2 Å². The first-order chi connectivity index (χ1) is 24.9. The van der Waals surface area contributed by atoms with Crippen LogP contribution in [0.2, 0.25) is 10.0 Å². The maximum atomic E-state index is 11.6. The van der Waals surface area contributed by atoms with E-state index in [1.807, 2.05) is 38.1 Å². The molecule has 6 rings (SSSR count). The van der Waals surface area contributed by atoms with Gasteiger partial charge in [0.15, 0.2) is 0 Å². The molecule has 2 aromatic heterocycles. The van der Waals surface area contributed by atoms with Crippen LogP contribution in [0.5, 0.6) is 23.5 Å². The van der Waals surface area contributed by atoms with E-state index in [-0.39, 0.29) is 38.1 Å². The van der Waals surface area contributed by atoms with E-state index in [0.29, 0.717) is 58.6 Å². The Morgan fingerprint density at radius 3 is 1.38 bits per heavy atom. The number of nitrogens with zero attached hydrogens (tertiary/aromatic N) is 2. The Kier molecular flexibility index (Phi) is 10.8. The Bertz CT molecular complexity index is 1870. The van der Waals surface area contributed by atoms with Gasteiger partial charge < -0.3 is 29.2 Å². The summed E-state index contributed by atoms with van der Waals surface area (Å²) in [6, 6.07) is 15.4. The highest BCUT2D eigenvalue weighted by molar-refractivity contribution is 6.32. The zero-order chi connectivity index (χ0) is 37.2. The predicted octanol–water partition coefficient (Wildman–Crippen LogP) is 6.66. The summed E-state index contributed by atoms with van der Waals surface area (Å²) < 4.78 is 23.2. The Morgan fingerprint density at radius 1 is 0.673 bits per heavy atom. The van der Waals surface area contributed by atoms with E-state index in [2.05, 4.69) is 32.7 Å². The minimum atomic E-state index is -0.907. The summed E-state index contributed by atoms with van der Waals surface area (Å²) in [5.41, 5.74) is 5.41. The lowest BCUT2D eigenvalue weighted by molar-refractivity contribution is -0.141. The zero-order valence-electron chi connectivity index (χ0n) is 29.3. The van der Waals surface area contributed by atoms with Crippen molar-refractivity contribution >= 4 is 35.1 Å². The van der Waals surface area contributed by atoms with Gasteiger partial charge in [0.1, 0.15) is 34.3 Å². The number of hydrogen-bond acceptors (Lipinski definition) is 10. The second-order valence-corrected chi connectivity index (χ2v) is 13.9. The van der Waals surface area contributed by atoms with Gasteiger partial charge in [0, 0.05) is 24.2 Å². The number of halogens is 2. The molecule has 4 aromatic rings. The molecule has 12 nitrogen and oxygen atoms in total. The van der Waals surface area contributed by atoms with Crippen LogP contribution in [-0.4, -0.2) is 57.4 Å². The van der Waals surface area contributed by atoms with Gasteiger partial charge in [0.2, 0.25) is 23.5 Å². The van der Waals surface area contributed by atoms with Gasteiger partial charge in [-0.2, -0.15) is 9.97 Å². The van der Waals surface area contributed by atoms with Crippen molar-refractivity contribution in [3.05, 3.63) is 92.0 Å². The topological polar surface area (TPSA) is 161 Å². The SMILES string of the molecule is COc1nc(OCc2cccc(-c3cccc(COc4nc(OC)c(CNC5(C(=O)O)CC5)cc4Cl)c3C)c2C)c(Cl)cc1CNC1(C(=O)O)CC1. The molecule has 0 bridgehead atoms. The van der Waals surface area contributed by atoms with Crippen LogP contribution in [0, 0.1) is 13.8 Å². The fourth-order valence-corrected chi connectivity index (χ4v) is 6.52. The van der Waals surface area contributed by atoms with E-state index in [1.54, 1.807) is 12.1 Å². The monoisotopic (exact) mass is 750 g/mol. The Morgan fingerprint density at radius 2 is 1.06 bits per heavy atom. The lowest BCUT2D eigenvalue weighted by Gasteiger charge is -2.18. The van der Waals surface area contributed by atoms with Crippen molar-refractivity contribution in [3.63, 3.8) is 0 Å². The van der Waals surface area contributed by atoms with Gasteiger partial charge in [-0.05, 0) is 85.0 Å². The number of pyridine rings is 2. The molecule has 2 aliphatic rings. The van der Waals surface area contributed by atoms with Crippen molar-refractivity contribution in [1.29, 1.82) is 0 Å². The van der Waals surface area contributed by atoms with Crippen molar-refractivity contribution in [2.24, 2.45) is 0 Å². The van der Waals surface area contributed by atoms with E-state index < -0.39 is 23.0 Å². The van der Waals surface area contributed by atoms with Gasteiger partial charge in [0.25, 0.3) is 0 Å². The van der Waals surface area contributed by atoms with Gasteiger partial charge >= 0.3 is 11.9 Å². The number of nitrogens with one attached hydrogen (secondary N) is 2. The molecule has 4 N–H and O–H groups in total. The molecule has 0 saturated heterocycles. The number of hydrogen-bond donors (Lipinski definition) is 4. The molecule has 0 radical (unpaired) electrons. The van der Waals surface area contributed by atoms with Gasteiger partial charge in [-0.15, -0.1) is 0 Å². The summed E-state index contributed by atoms with van der Waals surface area (Å²) in [5, 5.41) is 25.7. The smallest absolute Gasteiger partial charge is 0.323 e. The summed E-state index contributed by atoms with van der Waals surface area (Å²) in [6.45, 7) is 4.95. The van der Waals surface area contributed by atoms with E-state index in [4.69, 9.17) is 42.1 Å². The number of carboxylic acid groups (broad SMARTS) is 2. The summed E-state index contributed by atoms with van der Waals surface area (Å²) in [6.07, 6.45) is 2.27. The second-order valence-electron chi connectivity index (χ2n) is 13.1. The van der Waals surface area contributed by atoms with Gasteiger partial charge in [-0.25, -0.2) is 0 Å². The normalized spacial score (nSPS) is 15.1. The average molecular weight is 752 g/mol. The summed E-state index contributed by atoms with van der Waals surface area (Å²) in [7, 11) is 2.99. The lowest BCUT2D eigenvalue weighted by atomic mass is 9.92. The molecular weight excluding hydrogens is 711 g/mol. The van der Waals surface area contributed by atoms with E-state index in [1.165, 1.54) is 14.2 Å². The molecule has 0 spiro atoms. The van der Waals surface area contributed by atoms with Crippen LogP contribution in [0.4, 0.5) is 0 Å². The first-order valence-corrected chi connectivity index (χ1v) is 17.5. The predicted molar refractivity (Wildman–Crippen MR) is 194 cm³/mol. The van der Waals surface area contributed by atoms with E-state index >= 15 is 0 Å². The number of methoxy groups -OCH3 is 2. The van der Waals surface area contributed by atoms with Crippen LogP contribution in [0.15, 0.2) is 48.5 Å². The Hall–Kier alpha value is -4.62. The van der Waals surface area contributed by atoms with Crippen LogP contribution in [0.1, 0.15) is 59.1 Å². The highest BCUT2D eigenvalue weighted by atomic mass is 35.5. The number of aromatic nitrogens is 2. The molecule has 2 aliphatic carbocycles. The number of aliphatic carboxylic acids is 2. The number of rotatable bonds is 17. The number of carbonyl (C=O) groups is 2. The van der Waals surface area contributed by atoms with E-state index in [0.717, 1.165) is 33.4 Å². The number of benzene rings is 2.